The van der Waals surface area contributed by atoms with Gasteiger partial charge in [0.2, 0.25) is 5.91 Å². The van der Waals surface area contributed by atoms with E-state index in [9.17, 15) is 13.2 Å². The zero-order chi connectivity index (χ0) is 22.4. The van der Waals surface area contributed by atoms with E-state index in [0.29, 0.717) is 18.0 Å². The van der Waals surface area contributed by atoms with Crippen LogP contribution in [0.3, 0.4) is 0 Å². The maximum absolute atomic E-state index is 13.1. The molecule has 0 spiro atoms. The lowest BCUT2D eigenvalue weighted by Crippen LogP contribution is -2.39. The van der Waals surface area contributed by atoms with Gasteiger partial charge in [0.05, 0.1) is 11.5 Å². The summed E-state index contributed by atoms with van der Waals surface area (Å²) >= 11 is 5.92. The summed E-state index contributed by atoms with van der Waals surface area (Å²) in [6.45, 7) is 6.46. The van der Waals surface area contributed by atoms with Crippen molar-refractivity contribution in [2.75, 3.05) is 29.5 Å². The Balaban J connectivity index is 1.79. The highest BCUT2D eigenvalue weighted by Crippen LogP contribution is 2.22. The maximum atomic E-state index is 13.1. The second-order valence-electron chi connectivity index (χ2n) is 7.75. The van der Waals surface area contributed by atoms with Crippen LogP contribution < -0.4 is 4.90 Å². The molecule has 1 aliphatic heterocycles. The van der Waals surface area contributed by atoms with E-state index in [-0.39, 0.29) is 23.5 Å². The zero-order valence-corrected chi connectivity index (χ0v) is 19.6. The number of sulfone groups is 1. The van der Waals surface area contributed by atoms with E-state index in [1.807, 2.05) is 24.3 Å². The molecule has 1 heterocycles. The summed E-state index contributed by atoms with van der Waals surface area (Å²) in [6.07, 6.45) is 3.72. The van der Waals surface area contributed by atoms with Crippen molar-refractivity contribution in [3.8, 4) is 0 Å². The van der Waals surface area contributed by atoms with E-state index in [2.05, 4.69) is 30.9 Å². The van der Waals surface area contributed by atoms with Gasteiger partial charge in [0, 0.05) is 42.5 Å². The molecule has 31 heavy (non-hydrogen) atoms. The molecule has 3 rings (SSSR count). The minimum atomic E-state index is -3.10. The first-order valence-corrected chi connectivity index (χ1v) is 12.8. The van der Waals surface area contributed by atoms with Crippen molar-refractivity contribution < 1.29 is 13.2 Å². The van der Waals surface area contributed by atoms with Crippen LogP contribution >= 0.6 is 11.6 Å². The summed E-state index contributed by atoms with van der Waals surface area (Å²) in [6, 6.07) is 15.0. The van der Waals surface area contributed by atoms with Gasteiger partial charge in [-0.15, -0.1) is 0 Å². The number of carbonyl (C=O) groups excluding carboxylic acids is 1. The van der Waals surface area contributed by atoms with Gasteiger partial charge >= 0.3 is 0 Å². The topological polar surface area (TPSA) is 57.7 Å². The molecule has 5 nitrogen and oxygen atoms in total. The van der Waals surface area contributed by atoms with Crippen molar-refractivity contribution in [2.24, 2.45) is 0 Å². The van der Waals surface area contributed by atoms with Crippen molar-refractivity contribution in [2.45, 2.75) is 32.9 Å². The van der Waals surface area contributed by atoms with Crippen LogP contribution in [0.2, 0.25) is 5.02 Å². The summed E-state index contributed by atoms with van der Waals surface area (Å²) in [5.74, 6) is -0.0428. The highest BCUT2D eigenvalue weighted by atomic mass is 35.5. The molecule has 166 valence electrons. The third-order valence-electron chi connectivity index (χ3n) is 5.64. The molecule has 1 fully saturated rings. The third kappa shape index (κ3) is 6.34. The fourth-order valence-electron chi connectivity index (χ4n) is 3.84. The molecular weight excluding hydrogens is 432 g/mol. The van der Waals surface area contributed by atoms with Crippen LogP contribution in [0.5, 0.6) is 0 Å². The lowest BCUT2D eigenvalue weighted by atomic mass is 10.1. The van der Waals surface area contributed by atoms with Crippen molar-refractivity contribution in [1.29, 1.82) is 0 Å². The van der Waals surface area contributed by atoms with E-state index < -0.39 is 9.84 Å². The predicted molar refractivity (Wildman–Crippen MR) is 128 cm³/mol. The molecule has 0 unspecified atom stereocenters. The molecule has 0 aliphatic carbocycles. The number of hydrogen-bond acceptors (Lipinski definition) is 4. The standard InChI is InChI=1S/C24H29ClN2O3S/c1-3-26(4-2)22-12-7-20(8-13-22)17-27(23-15-16-31(29,30)18-23)24(28)14-9-19-5-10-21(25)11-6-19/h5-14,23H,3-4,15-18H2,1-2H3/b14-9+/t23-/m0/s1. The number of carbonyl (C=O) groups is 1. The summed E-state index contributed by atoms with van der Waals surface area (Å²) in [4.78, 5) is 17.0. The Morgan fingerprint density at radius 1 is 1.06 bits per heavy atom. The lowest BCUT2D eigenvalue weighted by Gasteiger charge is -2.28. The van der Waals surface area contributed by atoms with Crippen LogP contribution in [0.1, 0.15) is 31.4 Å². The van der Waals surface area contributed by atoms with Gasteiger partial charge in [-0.2, -0.15) is 0 Å². The van der Waals surface area contributed by atoms with Crippen LogP contribution in [0.4, 0.5) is 5.69 Å². The van der Waals surface area contributed by atoms with E-state index in [0.717, 1.165) is 29.9 Å². The molecule has 1 amide bonds. The predicted octanol–water partition coefficient (Wildman–Crippen LogP) is 4.42. The van der Waals surface area contributed by atoms with Gasteiger partial charge in [0.1, 0.15) is 0 Å². The normalized spacial score (nSPS) is 17.7. The number of hydrogen-bond donors (Lipinski definition) is 0. The summed E-state index contributed by atoms with van der Waals surface area (Å²) in [5, 5.41) is 0.634. The number of rotatable bonds is 8. The zero-order valence-electron chi connectivity index (χ0n) is 18.0. The molecule has 7 heteroatoms. The van der Waals surface area contributed by atoms with Gasteiger partial charge in [0.25, 0.3) is 0 Å². The van der Waals surface area contributed by atoms with E-state index in [4.69, 9.17) is 11.6 Å². The Morgan fingerprint density at radius 3 is 2.26 bits per heavy atom. The Kier molecular flexibility index (Phi) is 7.79. The smallest absolute Gasteiger partial charge is 0.247 e. The molecule has 1 atom stereocenters. The molecule has 2 aromatic rings. The molecule has 0 radical (unpaired) electrons. The van der Waals surface area contributed by atoms with Gasteiger partial charge in [0.15, 0.2) is 9.84 Å². The molecule has 0 N–H and O–H groups in total. The van der Waals surface area contributed by atoms with Crippen LogP contribution in [-0.4, -0.2) is 49.9 Å². The second kappa shape index (κ2) is 10.3. The largest absolute Gasteiger partial charge is 0.372 e. The van der Waals surface area contributed by atoms with Crippen molar-refractivity contribution >= 4 is 39.1 Å². The average molecular weight is 461 g/mol. The summed E-state index contributed by atoms with van der Waals surface area (Å²) in [7, 11) is -3.10. The molecule has 1 aliphatic rings. The number of amides is 1. The first kappa shape index (κ1) is 23.4. The third-order valence-corrected chi connectivity index (χ3v) is 7.64. The minimum absolute atomic E-state index is 0.0189. The molecule has 1 saturated heterocycles. The molecule has 0 bridgehead atoms. The number of benzene rings is 2. The summed E-state index contributed by atoms with van der Waals surface area (Å²) < 4.78 is 24.1. The second-order valence-corrected chi connectivity index (χ2v) is 10.4. The van der Waals surface area contributed by atoms with Gasteiger partial charge in [-0.1, -0.05) is 35.9 Å². The van der Waals surface area contributed by atoms with Crippen LogP contribution in [0, 0.1) is 0 Å². The fraction of sp³-hybridized carbons (Fsp3) is 0.375. The molecule has 0 saturated carbocycles. The van der Waals surface area contributed by atoms with Crippen LogP contribution in [0.25, 0.3) is 6.08 Å². The van der Waals surface area contributed by atoms with E-state index in [1.165, 1.54) is 6.08 Å². The number of nitrogens with zero attached hydrogens (tertiary/aromatic N) is 2. The van der Waals surface area contributed by atoms with Crippen molar-refractivity contribution in [3.05, 3.63) is 70.8 Å². The van der Waals surface area contributed by atoms with E-state index >= 15 is 0 Å². The fourth-order valence-corrected chi connectivity index (χ4v) is 5.70. The first-order valence-electron chi connectivity index (χ1n) is 10.6. The number of halogens is 1. The van der Waals surface area contributed by atoms with Gasteiger partial charge in [-0.05, 0) is 61.7 Å². The van der Waals surface area contributed by atoms with E-state index in [1.54, 1.807) is 23.1 Å². The Labute approximate surface area is 190 Å². The summed E-state index contributed by atoms with van der Waals surface area (Å²) in [5.41, 5.74) is 2.98. The average Bonchev–Trinajstić information content (AvgIpc) is 3.12. The molecule has 0 aromatic heterocycles. The van der Waals surface area contributed by atoms with Gasteiger partial charge < -0.3 is 9.80 Å². The SMILES string of the molecule is CCN(CC)c1ccc(CN(C(=O)/C=C/c2ccc(Cl)cc2)[C@H]2CCS(=O)(=O)C2)cc1. The Hall–Kier alpha value is -2.31. The van der Waals surface area contributed by atoms with Crippen LogP contribution in [-0.2, 0) is 21.2 Å². The molecule has 2 aromatic carbocycles. The number of anilines is 1. The van der Waals surface area contributed by atoms with Crippen molar-refractivity contribution in [1.82, 2.24) is 4.90 Å². The molecular formula is C24H29ClN2O3S. The van der Waals surface area contributed by atoms with Crippen LogP contribution in [0.15, 0.2) is 54.6 Å². The monoisotopic (exact) mass is 460 g/mol. The minimum Gasteiger partial charge on any atom is -0.372 e. The quantitative estimate of drug-likeness (QED) is 0.547. The Morgan fingerprint density at radius 2 is 1.71 bits per heavy atom. The van der Waals surface area contributed by atoms with Crippen molar-refractivity contribution in [3.63, 3.8) is 0 Å². The van der Waals surface area contributed by atoms with Gasteiger partial charge in [-0.25, -0.2) is 8.42 Å². The lowest BCUT2D eigenvalue weighted by molar-refractivity contribution is -0.128. The first-order chi connectivity index (χ1) is 14.8. The Bertz CT molecular complexity index is 1010. The maximum Gasteiger partial charge on any atom is 0.247 e. The highest BCUT2D eigenvalue weighted by Gasteiger charge is 2.34. The van der Waals surface area contributed by atoms with Gasteiger partial charge in [-0.3, -0.25) is 4.79 Å². The highest BCUT2D eigenvalue weighted by molar-refractivity contribution is 7.91.